The number of nitrogens with one attached hydrogen (secondary N) is 2. The highest BCUT2D eigenvalue weighted by Crippen LogP contribution is 2.22. The van der Waals surface area contributed by atoms with Crippen LogP contribution in [0.25, 0.3) is 22.7 Å². The molecule has 0 spiro atoms. The lowest BCUT2D eigenvalue weighted by Gasteiger charge is -1.92. The third-order valence-corrected chi connectivity index (χ3v) is 2.44. The first-order valence-electron chi connectivity index (χ1n) is 5.12. The molecular formula is C12H9N3O2. The molecule has 0 aliphatic rings. The number of aromatic amines is 2. The van der Waals surface area contributed by atoms with E-state index < -0.39 is 0 Å². The van der Waals surface area contributed by atoms with Gasteiger partial charge in [0, 0.05) is 5.56 Å². The van der Waals surface area contributed by atoms with E-state index in [9.17, 15) is 4.79 Å². The van der Waals surface area contributed by atoms with Crippen molar-refractivity contribution in [1.29, 1.82) is 0 Å². The predicted octanol–water partition coefficient (Wildman–Crippen LogP) is 2.02. The molecule has 0 aliphatic heterocycles. The molecule has 2 N–H and O–H groups in total. The van der Waals surface area contributed by atoms with Crippen molar-refractivity contribution in [2.75, 3.05) is 0 Å². The van der Waals surface area contributed by atoms with E-state index in [1.54, 1.807) is 0 Å². The standard InChI is InChI=1S/C12H9N3O2/c16-12-7-11(17-15-12)10-6-9(13-14-10)8-4-2-1-3-5-8/h1-7H,(H,13,14)(H,15,16). The molecule has 0 aliphatic carbocycles. The molecule has 17 heavy (non-hydrogen) atoms. The number of nitrogens with zero attached hydrogens (tertiary/aromatic N) is 1. The van der Waals surface area contributed by atoms with Crippen molar-refractivity contribution in [1.82, 2.24) is 15.4 Å². The Hall–Kier alpha value is -2.56. The first kappa shape index (κ1) is 9.65. The van der Waals surface area contributed by atoms with E-state index in [4.69, 9.17) is 4.52 Å². The van der Waals surface area contributed by atoms with Gasteiger partial charge in [0.15, 0.2) is 5.76 Å². The van der Waals surface area contributed by atoms with Gasteiger partial charge in [0.05, 0.1) is 11.8 Å². The van der Waals surface area contributed by atoms with Crippen LogP contribution < -0.4 is 5.56 Å². The Morgan fingerprint density at radius 2 is 1.94 bits per heavy atom. The molecule has 2 heterocycles. The second-order valence-electron chi connectivity index (χ2n) is 3.61. The van der Waals surface area contributed by atoms with E-state index in [-0.39, 0.29) is 5.56 Å². The fraction of sp³-hybridized carbons (Fsp3) is 0. The summed E-state index contributed by atoms with van der Waals surface area (Å²) >= 11 is 0. The highest BCUT2D eigenvalue weighted by atomic mass is 16.5. The van der Waals surface area contributed by atoms with Crippen LogP contribution in [-0.2, 0) is 0 Å². The van der Waals surface area contributed by atoms with Crippen LogP contribution in [0.2, 0.25) is 0 Å². The molecule has 1 aromatic carbocycles. The quantitative estimate of drug-likeness (QED) is 0.703. The van der Waals surface area contributed by atoms with Crippen molar-refractivity contribution in [3.8, 4) is 22.7 Å². The minimum Gasteiger partial charge on any atom is -0.377 e. The third kappa shape index (κ3) is 1.78. The van der Waals surface area contributed by atoms with Crippen molar-refractivity contribution in [3.63, 3.8) is 0 Å². The molecule has 0 saturated heterocycles. The van der Waals surface area contributed by atoms with Crippen molar-refractivity contribution < 1.29 is 4.52 Å². The van der Waals surface area contributed by atoms with Crippen molar-refractivity contribution >= 4 is 0 Å². The highest BCUT2D eigenvalue weighted by Gasteiger charge is 2.08. The Bertz CT molecular complexity index is 679. The van der Waals surface area contributed by atoms with Crippen molar-refractivity contribution in [3.05, 3.63) is 52.8 Å². The lowest BCUT2D eigenvalue weighted by Crippen LogP contribution is -1.92. The Balaban J connectivity index is 2.01. The van der Waals surface area contributed by atoms with Gasteiger partial charge in [-0.15, -0.1) is 0 Å². The number of rotatable bonds is 2. The Labute approximate surface area is 96.1 Å². The largest absolute Gasteiger partial charge is 0.377 e. The molecule has 0 unspecified atom stereocenters. The van der Waals surface area contributed by atoms with Gasteiger partial charge in [0.1, 0.15) is 5.69 Å². The van der Waals surface area contributed by atoms with E-state index in [2.05, 4.69) is 15.4 Å². The lowest BCUT2D eigenvalue weighted by molar-refractivity contribution is 0.424. The number of H-pyrrole nitrogens is 2. The fourth-order valence-electron chi connectivity index (χ4n) is 1.62. The smallest absolute Gasteiger partial charge is 0.280 e. The van der Waals surface area contributed by atoms with Crippen LogP contribution in [0.15, 0.2) is 51.8 Å². The molecule has 0 bridgehead atoms. The van der Waals surface area contributed by atoms with Crippen LogP contribution in [0.1, 0.15) is 0 Å². The first-order valence-corrected chi connectivity index (χ1v) is 5.12. The summed E-state index contributed by atoms with van der Waals surface area (Å²) in [5.41, 5.74) is 2.22. The summed E-state index contributed by atoms with van der Waals surface area (Å²) < 4.78 is 4.99. The second-order valence-corrected chi connectivity index (χ2v) is 3.61. The van der Waals surface area contributed by atoms with Gasteiger partial charge in [-0.3, -0.25) is 9.89 Å². The summed E-state index contributed by atoms with van der Waals surface area (Å²) in [6, 6.07) is 13.0. The number of hydrogen-bond donors (Lipinski definition) is 2. The number of hydrogen-bond acceptors (Lipinski definition) is 3. The highest BCUT2D eigenvalue weighted by molar-refractivity contribution is 5.65. The van der Waals surface area contributed by atoms with Crippen LogP contribution in [0, 0.1) is 0 Å². The van der Waals surface area contributed by atoms with Crippen LogP contribution in [0.4, 0.5) is 0 Å². The first-order chi connectivity index (χ1) is 8.33. The Morgan fingerprint density at radius 1 is 1.12 bits per heavy atom. The maximum Gasteiger partial charge on any atom is 0.280 e. The van der Waals surface area contributed by atoms with Crippen molar-refractivity contribution in [2.24, 2.45) is 0 Å². The van der Waals surface area contributed by atoms with Gasteiger partial charge in [-0.05, 0) is 6.07 Å². The Kier molecular flexibility index (Phi) is 2.15. The zero-order valence-corrected chi connectivity index (χ0v) is 8.81. The SMILES string of the molecule is O=c1cc(-c2cc(-c3ccccc3)n[nH]2)o[nH]1. The molecule has 5 heteroatoms. The van der Waals surface area contributed by atoms with Crippen LogP contribution in [0.5, 0.6) is 0 Å². The maximum absolute atomic E-state index is 11.0. The van der Waals surface area contributed by atoms with E-state index in [1.165, 1.54) is 6.07 Å². The molecule has 0 fully saturated rings. The number of aromatic nitrogens is 3. The van der Waals surface area contributed by atoms with Crippen LogP contribution in [-0.4, -0.2) is 15.4 Å². The Morgan fingerprint density at radius 3 is 2.65 bits per heavy atom. The summed E-state index contributed by atoms with van der Waals surface area (Å²) in [5.74, 6) is 0.449. The summed E-state index contributed by atoms with van der Waals surface area (Å²) in [7, 11) is 0. The topological polar surface area (TPSA) is 74.7 Å². The summed E-state index contributed by atoms with van der Waals surface area (Å²) in [5, 5.41) is 9.24. The van der Waals surface area contributed by atoms with Gasteiger partial charge in [-0.2, -0.15) is 10.3 Å². The third-order valence-electron chi connectivity index (χ3n) is 2.44. The molecular weight excluding hydrogens is 218 g/mol. The maximum atomic E-state index is 11.0. The molecule has 3 rings (SSSR count). The molecule has 0 saturated carbocycles. The molecule has 5 nitrogen and oxygen atoms in total. The molecule has 0 radical (unpaired) electrons. The fourth-order valence-corrected chi connectivity index (χ4v) is 1.62. The molecule has 0 atom stereocenters. The normalized spacial score (nSPS) is 10.6. The van der Waals surface area contributed by atoms with Gasteiger partial charge < -0.3 is 4.52 Å². The molecule has 0 amide bonds. The minimum absolute atomic E-state index is 0.268. The van der Waals surface area contributed by atoms with E-state index in [0.29, 0.717) is 11.5 Å². The molecule has 84 valence electrons. The van der Waals surface area contributed by atoms with Crippen LogP contribution in [0.3, 0.4) is 0 Å². The van der Waals surface area contributed by atoms with Crippen molar-refractivity contribution in [2.45, 2.75) is 0 Å². The zero-order valence-electron chi connectivity index (χ0n) is 8.81. The lowest BCUT2D eigenvalue weighted by atomic mass is 10.1. The van der Waals surface area contributed by atoms with Gasteiger partial charge in [-0.1, -0.05) is 30.3 Å². The van der Waals surface area contributed by atoms with E-state index in [1.807, 2.05) is 36.4 Å². The van der Waals surface area contributed by atoms with Crippen LogP contribution >= 0.6 is 0 Å². The van der Waals surface area contributed by atoms with Gasteiger partial charge in [0.25, 0.3) is 5.56 Å². The predicted molar refractivity (Wildman–Crippen MR) is 62.3 cm³/mol. The number of benzene rings is 1. The summed E-state index contributed by atoms with van der Waals surface area (Å²) in [6.45, 7) is 0. The summed E-state index contributed by atoms with van der Waals surface area (Å²) in [4.78, 5) is 11.0. The zero-order chi connectivity index (χ0) is 11.7. The van der Waals surface area contributed by atoms with Gasteiger partial charge >= 0.3 is 0 Å². The monoisotopic (exact) mass is 227 g/mol. The minimum atomic E-state index is -0.268. The van der Waals surface area contributed by atoms with Gasteiger partial charge in [0.2, 0.25) is 0 Å². The van der Waals surface area contributed by atoms with E-state index in [0.717, 1.165) is 11.3 Å². The van der Waals surface area contributed by atoms with E-state index >= 15 is 0 Å². The average Bonchev–Trinajstić information content (AvgIpc) is 2.98. The second kappa shape index (κ2) is 3.79. The average molecular weight is 227 g/mol. The molecule has 3 aromatic rings. The summed E-state index contributed by atoms with van der Waals surface area (Å²) in [6.07, 6.45) is 0. The molecule has 2 aromatic heterocycles. The van der Waals surface area contributed by atoms with Gasteiger partial charge in [-0.25, -0.2) is 0 Å².